The molecule has 1 aromatic heterocycles. The number of hydrogen-bond acceptors (Lipinski definition) is 9. The lowest BCUT2D eigenvalue weighted by molar-refractivity contribution is -0.121. The van der Waals surface area contributed by atoms with Gasteiger partial charge in [0, 0.05) is 46.1 Å². The summed E-state index contributed by atoms with van der Waals surface area (Å²) in [6.45, 7) is 4.39. The van der Waals surface area contributed by atoms with Gasteiger partial charge in [-0.15, -0.1) is 5.10 Å². The van der Waals surface area contributed by atoms with Crippen molar-refractivity contribution in [2.24, 2.45) is 0 Å². The van der Waals surface area contributed by atoms with Crippen LogP contribution in [0.1, 0.15) is 16.8 Å². The number of rotatable bonds is 11. The third kappa shape index (κ3) is 6.08. The maximum Gasteiger partial charge on any atom is 0.216 e. The van der Waals surface area contributed by atoms with Crippen molar-refractivity contribution in [2.45, 2.75) is 26.3 Å². The summed E-state index contributed by atoms with van der Waals surface area (Å²) >= 11 is 6.71. The first-order chi connectivity index (χ1) is 19.5. The maximum absolute atomic E-state index is 6.71. The Morgan fingerprint density at radius 1 is 0.950 bits per heavy atom. The van der Waals surface area contributed by atoms with Crippen LogP contribution in [0.25, 0.3) is 21.9 Å². The van der Waals surface area contributed by atoms with Crippen LogP contribution in [0, 0.1) is 6.92 Å². The van der Waals surface area contributed by atoms with Crippen LogP contribution in [0.4, 0.5) is 5.82 Å². The molecule has 0 saturated carbocycles. The smallest absolute Gasteiger partial charge is 0.216 e. The van der Waals surface area contributed by atoms with Crippen LogP contribution in [0.5, 0.6) is 17.2 Å². The molecule has 0 radical (unpaired) electrons. The minimum atomic E-state index is -0.360. The zero-order chi connectivity index (χ0) is 28.1. The Balaban J connectivity index is 1.39. The van der Waals surface area contributed by atoms with Gasteiger partial charge in [-0.1, -0.05) is 17.7 Å². The first kappa shape index (κ1) is 27.9. The summed E-state index contributed by atoms with van der Waals surface area (Å²) in [5.41, 5.74) is 4.62. The quantitative estimate of drug-likeness (QED) is 0.249. The summed E-state index contributed by atoms with van der Waals surface area (Å²) < 4.78 is 27.8. The lowest BCUT2D eigenvalue weighted by Gasteiger charge is -2.16. The molecular formula is C30H33ClN4O5. The predicted molar refractivity (Wildman–Crippen MR) is 156 cm³/mol. The van der Waals surface area contributed by atoms with Crippen molar-refractivity contribution < 1.29 is 23.7 Å². The Morgan fingerprint density at radius 3 is 2.55 bits per heavy atom. The van der Waals surface area contributed by atoms with Gasteiger partial charge in [-0.2, -0.15) is 5.10 Å². The van der Waals surface area contributed by atoms with Crippen molar-refractivity contribution in [3.05, 3.63) is 70.4 Å². The molecule has 0 aliphatic carbocycles. The molecule has 1 unspecified atom stereocenters. The van der Waals surface area contributed by atoms with Gasteiger partial charge >= 0.3 is 0 Å². The minimum absolute atomic E-state index is 0.360. The Labute approximate surface area is 238 Å². The molecule has 1 atom stereocenters. The Bertz CT molecular complexity index is 1490. The molecule has 4 aromatic rings. The molecule has 2 heterocycles. The number of methoxy groups -OCH3 is 3. The van der Waals surface area contributed by atoms with Gasteiger partial charge in [0.2, 0.25) is 6.41 Å². The molecule has 1 saturated heterocycles. The number of halogens is 1. The first-order valence-electron chi connectivity index (χ1n) is 13.1. The predicted octanol–water partition coefficient (Wildman–Crippen LogP) is 5.36. The molecule has 1 aliphatic heterocycles. The monoisotopic (exact) mass is 564 g/mol. The average Bonchev–Trinajstić information content (AvgIpc) is 3.51. The highest BCUT2D eigenvalue weighted by atomic mass is 35.5. The topological polar surface area (TPSA) is 96.0 Å². The van der Waals surface area contributed by atoms with Crippen molar-refractivity contribution in [1.82, 2.24) is 15.5 Å². The van der Waals surface area contributed by atoms with E-state index in [2.05, 4.69) is 26.9 Å². The second-order valence-electron chi connectivity index (χ2n) is 9.35. The van der Waals surface area contributed by atoms with E-state index in [1.807, 2.05) is 49.4 Å². The molecule has 40 heavy (non-hydrogen) atoms. The summed E-state index contributed by atoms with van der Waals surface area (Å²) in [7, 11) is 4.94. The fourth-order valence-electron chi connectivity index (χ4n) is 4.72. The Morgan fingerprint density at radius 2 is 1.80 bits per heavy atom. The fourth-order valence-corrected chi connectivity index (χ4v) is 4.98. The highest BCUT2D eigenvalue weighted by Crippen LogP contribution is 2.38. The van der Waals surface area contributed by atoms with Crippen LogP contribution in [-0.2, 0) is 22.4 Å². The molecule has 0 amide bonds. The summed E-state index contributed by atoms with van der Waals surface area (Å²) in [5.74, 6) is 2.90. The largest absolute Gasteiger partial charge is 0.497 e. The molecule has 5 rings (SSSR count). The van der Waals surface area contributed by atoms with E-state index >= 15 is 0 Å². The van der Waals surface area contributed by atoms with E-state index in [0.29, 0.717) is 37.0 Å². The van der Waals surface area contributed by atoms with E-state index < -0.39 is 0 Å². The number of aryl methyl sites for hydroxylation is 1. The van der Waals surface area contributed by atoms with E-state index in [9.17, 15) is 0 Å². The van der Waals surface area contributed by atoms with E-state index in [4.69, 9.17) is 35.3 Å². The van der Waals surface area contributed by atoms with Gasteiger partial charge in [-0.05, 0) is 60.9 Å². The Kier molecular flexibility index (Phi) is 8.86. The zero-order valence-corrected chi connectivity index (χ0v) is 23.8. The first-order valence-corrected chi connectivity index (χ1v) is 13.4. The number of anilines is 1. The van der Waals surface area contributed by atoms with Crippen LogP contribution in [0.2, 0.25) is 5.02 Å². The molecule has 9 nitrogen and oxygen atoms in total. The maximum atomic E-state index is 6.71. The van der Waals surface area contributed by atoms with E-state index in [1.54, 1.807) is 21.3 Å². The van der Waals surface area contributed by atoms with Gasteiger partial charge in [0.1, 0.15) is 17.2 Å². The number of ether oxygens (including phenoxy) is 5. The molecule has 3 aromatic carbocycles. The summed E-state index contributed by atoms with van der Waals surface area (Å²) in [5, 5.41) is 18.0. The van der Waals surface area contributed by atoms with Crippen LogP contribution in [0.15, 0.2) is 48.5 Å². The molecular weight excluding hydrogens is 532 g/mol. The van der Waals surface area contributed by atoms with Gasteiger partial charge in [-0.3, -0.25) is 5.32 Å². The third-order valence-electron chi connectivity index (χ3n) is 6.91. The minimum Gasteiger partial charge on any atom is -0.497 e. The van der Waals surface area contributed by atoms with Gasteiger partial charge in [-0.25, -0.2) is 0 Å². The average molecular weight is 565 g/mol. The molecule has 210 valence electrons. The van der Waals surface area contributed by atoms with Crippen molar-refractivity contribution in [3.8, 4) is 28.4 Å². The number of benzene rings is 3. The van der Waals surface area contributed by atoms with Gasteiger partial charge in [0.15, 0.2) is 5.82 Å². The molecule has 1 fully saturated rings. The van der Waals surface area contributed by atoms with Crippen LogP contribution in [0.3, 0.4) is 0 Å². The number of hydrogen-bond donors (Lipinski definition) is 2. The molecule has 1 aliphatic rings. The van der Waals surface area contributed by atoms with Crippen molar-refractivity contribution >= 4 is 28.2 Å². The van der Waals surface area contributed by atoms with Crippen LogP contribution < -0.4 is 24.8 Å². The second-order valence-corrected chi connectivity index (χ2v) is 9.75. The lowest BCUT2D eigenvalue weighted by atomic mass is 9.98. The van der Waals surface area contributed by atoms with E-state index in [1.165, 1.54) is 0 Å². The van der Waals surface area contributed by atoms with Crippen LogP contribution >= 0.6 is 11.6 Å². The molecule has 10 heteroatoms. The fraction of sp³-hybridized carbons (Fsp3) is 0.333. The summed E-state index contributed by atoms with van der Waals surface area (Å²) in [4.78, 5) is 0. The zero-order valence-electron chi connectivity index (χ0n) is 23.0. The normalized spacial score (nSPS) is 14.9. The van der Waals surface area contributed by atoms with E-state index in [0.717, 1.165) is 62.5 Å². The van der Waals surface area contributed by atoms with Crippen molar-refractivity contribution in [3.63, 3.8) is 0 Å². The summed E-state index contributed by atoms with van der Waals surface area (Å²) in [6, 6.07) is 15.8. The number of aromatic nitrogens is 2. The van der Waals surface area contributed by atoms with Gasteiger partial charge < -0.3 is 29.0 Å². The number of nitrogens with one attached hydrogen (secondary N) is 2. The number of nitrogens with zero attached hydrogens (tertiary/aromatic N) is 2. The Hall–Kier alpha value is -3.63. The highest BCUT2D eigenvalue weighted by molar-refractivity contribution is 6.31. The van der Waals surface area contributed by atoms with Crippen LogP contribution in [-0.4, -0.2) is 57.7 Å². The van der Waals surface area contributed by atoms with Crippen molar-refractivity contribution in [1.29, 1.82) is 0 Å². The van der Waals surface area contributed by atoms with Gasteiger partial charge in [0.05, 0.1) is 40.2 Å². The molecule has 2 N–H and O–H groups in total. The lowest BCUT2D eigenvalue weighted by Crippen LogP contribution is -2.26. The number of fused-ring (bicyclic) bond motifs is 1. The molecule has 0 bridgehead atoms. The summed E-state index contributed by atoms with van der Waals surface area (Å²) in [6.07, 6.45) is 0.277. The van der Waals surface area contributed by atoms with Crippen molar-refractivity contribution in [2.75, 3.05) is 46.4 Å². The van der Waals surface area contributed by atoms with Gasteiger partial charge in [0.25, 0.3) is 0 Å². The standard InChI is InChI=1S/C30H33ClN4O5/c1-18-24-13-19(25-16-26(31)20(14-28(25)38-4)9-11-39-30-32-10-12-40-30)6-8-23(24)29(35-34-18)33-17-21-5-7-22(36-2)15-27(21)37-3/h5-8,13-16,30,32H,9-12,17H2,1-4H3,(H,33,35). The van der Waals surface area contributed by atoms with E-state index in [-0.39, 0.29) is 6.41 Å². The highest BCUT2D eigenvalue weighted by Gasteiger charge is 2.17. The molecule has 0 spiro atoms. The SMILES string of the molecule is COc1ccc(CNc2nnc(C)c3cc(-c4cc(Cl)c(CCOC5NCCO5)cc4OC)ccc23)c(OC)c1. The third-order valence-corrected chi connectivity index (χ3v) is 7.26. The second kappa shape index (κ2) is 12.7.